The first kappa shape index (κ1) is 45.6. The van der Waals surface area contributed by atoms with Gasteiger partial charge in [-0.05, 0) is 99.9 Å². The molecule has 5 atom stereocenters. The van der Waals surface area contributed by atoms with E-state index in [9.17, 15) is 4.79 Å². The van der Waals surface area contributed by atoms with Crippen molar-refractivity contribution in [2.75, 3.05) is 47.4 Å². The zero-order valence-corrected chi connectivity index (χ0v) is 37.6. The fourth-order valence-corrected chi connectivity index (χ4v) is 8.17. The fraction of sp³-hybridized carbons (Fsp3) is 0.404. The summed E-state index contributed by atoms with van der Waals surface area (Å²) in [7, 11) is 7.98. The molecule has 2 N–H and O–H groups in total. The molecular weight excluding hydrogens is 829 g/mol. The number of hydrogen-bond acceptors (Lipinski definition) is 11. The van der Waals surface area contributed by atoms with Gasteiger partial charge >= 0.3 is 0 Å². The van der Waals surface area contributed by atoms with Crippen LogP contribution >= 0.6 is 23.2 Å². The van der Waals surface area contributed by atoms with Crippen LogP contribution in [0.3, 0.4) is 0 Å². The number of nitrogens with one attached hydrogen (secondary N) is 2. The Labute approximate surface area is 374 Å². The summed E-state index contributed by atoms with van der Waals surface area (Å²) in [4.78, 5) is 45.2. The van der Waals surface area contributed by atoms with Crippen molar-refractivity contribution in [1.82, 2.24) is 35.2 Å². The van der Waals surface area contributed by atoms with E-state index in [2.05, 4.69) is 37.2 Å². The van der Waals surface area contributed by atoms with Crippen LogP contribution in [0.25, 0.3) is 11.3 Å². The second-order valence-corrected chi connectivity index (χ2v) is 17.3. The molecule has 62 heavy (non-hydrogen) atoms. The van der Waals surface area contributed by atoms with Crippen LogP contribution in [-0.2, 0) is 57.2 Å². The van der Waals surface area contributed by atoms with Gasteiger partial charge in [-0.15, -0.1) is 0 Å². The lowest BCUT2D eigenvalue weighted by atomic mass is 9.83. The van der Waals surface area contributed by atoms with Gasteiger partial charge in [-0.3, -0.25) is 14.5 Å². The molecule has 0 aliphatic carbocycles. The SMILES string of the molecule is C[C@H](NCc1ccc(Cl)cc1Oc1ccc(-c2cnc(CN(C)C)n2C)cc1)C(=O)N[C@@H]1COOC[C@@H](Cc2ccccc2)ON2CCC[C@@](Cc3ccc(Cl)cc3)(C2)N(C)O1. The summed E-state index contributed by atoms with van der Waals surface area (Å²) in [5.74, 6) is 1.93. The standard InChI is InChI=1S/C47H57Cl2N7O6/c1-33(50-27-37-14-19-39(49)25-43(37)60-40-20-15-36(16-21-40)42-28-51-44(54(42)4)29-53(2)3)46(57)52-45-31-59-58-30-41(24-34-10-7-6-8-11-34)61-56-23-9-22-47(32-56,55(5)62-45)26-35-12-17-38(48)18-13-35/h6-8,10-21,25,28,33,41,45,50H,9,22-24,26-27,29-32H2,1-5H3,(H,52,57)/t33-,41+,45-,47+/m0/s1. The molecule has 7 rings (SSSR count). The number of benzene rings is 4. The van der Waals surface area contributed by atoms with Crippen molar-refractivity contribution >= 4 is 29.1 Å². The zero-order valence-electron chi connectivity index (χ0n) is 36.1. The molecule has 2 aliphatic rings. The Morgan fingerprint density at radius 1 is 0.935 bits per heavy atom. The molecule has 2 fully saturated rings. The number of fused-ring (bicyclic) bond motifs is 2. The second kappa shape index (κ2) is 21.3. The predicted molar refractivity (Wildman–Crippen MR) is 240 cm³/mol. The van der Waals surface area contributed by atoms with Crippen molar-refractivity contribution in [3.8, 4) is 22.8 Å². The highest BCUT2D eigenvalue weighted by Gasteiger charge is 2.43. The first-order valence-corrected chi connectivity index (χ1v) is 21.8. The van der Waals surface area contributed by atoms with Gasteiger partial charge in [0.25, 0.3) is 0 Å². The number of likely N-dealkylation sites (N-methyl/N-ethyl adjacent to an activating group) is 1. The number of hydroxylamine groups is 4. The monoisotopic (exact) mass is 885 g/mol. The fourth-order valence-electron chi connectivity index (χ4n) is 7.88. The van der Waals surface area contributed by atoms with Gasteiger partial charge in [-0.2, -0.15) is 10.1 Å². The summed E-state index contributed by atoms with van der Waals surface area (Å²) in [6, 6.07) is 30.8. The van der Waals surface area contributed by atoms with Crippen LogP contribution in [0.15, 0.2) is 103 Å². The molecule has 1 unspecified atom stereocenters. The van der Waals surface area contributed by atoms with Crippen LogP contribution in [0.5, 0.6) is 11.5 Å². The molecular formula is C47H57Cl2N7O6. The number of piperidine rings is 1. The van der Waals surface area contributed by atoms with E-state index >= 15 is 0 Å². The van der Waals surface area contributed by atoms with E-state index in [4.69, 9.17) is 47.4 Å². The van der Waals surface area contributed by atoms with Gasteiger partial charge in [-0.25, -0.2) is 14.8 Å². The average Bonchev–Trinajstić information content (AvgIpc) is 3.61. The lowest BCUT2D eigenvalue weighted by molar-refractivity contribution is -0.366. The summed E-state index contributed by atoms with van der Waals surface area (Å²) in [5.41, 5.74) is 4.61. The van der Waals surface area contributed by atoms with Gasteiger partial charge in [0.05, 0.1) is 30.0 Å². The number of nitrogens with zero attached hydrogens (tertiary/aromatic N) is 5. The Morgan fingerprint density at radius 2 is 1.68 bits per heavy atom. The van der Waals surface area contributed by atoms with Crippen molar-refractivity contribution in [3.05, 3.63) is 136 Å². The van der Waals surface area contributed by atoms with Crippen molar-refractivity contribution in [1.29, 1.82) is 0 Å². The molecule has 0 radical (unpaired) electrons. The lowest BCUT2D eigenvalue weighted by Crippen LogP contribution is -2.61. The molecule has 5 aromatic rings. The number of halogens is 2. The van der Waals surface area contributed by atoms with E-state index in [-0.39, 0.29) is 25.2 Å². The average molecular weight is 887 g/mol. The van der Waals surface area contributed by atoms with Crippen LogP contribution in [0.2, 0.25) is 10.0 Å². The number of carbonyl (C=O) groups is 1. The highest BCUT2D eigenvalue weighted by Crippen LogP contribution is 2.34. The summed E-state index contributed by atoms with van der Waals surface area (Å²) in [5, 5.41) is 11.5. The highest BCUT2D eigenvalue weighted by atomic mass is 35.5. The molecule has 2 bridgehead atoms. The Kier molecular flexibility index (Phi) is 15.7. The molecule has 1 amide bonds. The van der Waals surface area contributed by atoms with Gasteiger partial charge in [0.1, 0.15) is 36.6 Å². The molecule has 0 saturated carbocycles. The number of hydrogen-bond donors (Lipinski definition) is 2. The minimum absolute atomic E-state index is 0.0621. The van der Waals surface area contributed by atoms with E-state index in [0.29, 0.717) is 47.5 Å². The third kappa shape index (κ3) is 12.2. The van der Waals surface area contributed by atoms with E-state index in [1.165, 1.54) is 0 Å². The molecule has 1 aromatic heterocycles. The third-order valence-electron chi connectivity index (χ3n) is 11.3. The largest absolute Gasteiger partial charge is 0.457 e. The van der Waals surface area contributed by atoms with E-state index in [1.54, 1.807) is 19.1 Å². The molecule has 2 aliphatic heterocycles. The number of aromatic nitrogens is 2. The van der Waals surface area contributed by atoms with Crippen molar-refractivity contribution in [2.45, 2.75) is 69.6 Å². The maximum Gasteiger partial charge on any atom is 0.238 e. The Morgan fingerprint density at radius 3 is 2.44 bits per heavy atom. The first-order chi connectivity index (χ1) is 29.9. The van der Waals surface area contributed by atoms with Gasteiger partial charge in [-0.1, -0.05) is 71.7 Å². The smallest absolute Gasteiger partial charge is 0.238 e. The van der Waals surface area contributed by atoms with Crippen molar-refractivity contribution in [2.24, 2.45) is 7.05 Å². The van der Waals surface area contributed by atoms with Crippen molar-refractivity contribution in [3.63, 3.8) is 0 Å². The first-order valence-electron chi connectivity index (χ1n) is 21.0. The molecule has 2 saturated heterocycles. The van der Waals surface area contributed by atoms with Crippen LogP contribution in [-0.4, -0.2) is 102 Å². The topological polar surface area (TPSA) is 115 Å². The predicted octanol–water partition coefficient (Wildman–Crippen LogP) is 7.61. The van der Waals surface area contributed by atoms with Crippen LogP contribution < -0.4 is 15.4 Å². The minimum atomic E-state index is -0.870. The van der Waals surface area contributed by atoms with Crippen LogP contribution in [0.1, 0.15) is 42.3 Å². The second-order valence-electron chi connectivity index (χ2n) is 16.4. The summed E-state index contributed by atoms with van der Waals surface area (Å²) in [6.07, 6.45) is 3.73. The maximum atomic E-state index is 13.9. The minimum Gasteiger partial charge on any atom is -0.457 e. The van der Waals surface area contributed by atoms with Crippen LogP contribution in [0.4, 0.5) is 0 Å². The molecule has 330 valence electrons. The molecule has 3 heterocycles. The number of imidazole rings is 1. The molecule has 0 spiro atoms. The van der Waals surface area contributed by atoms with Crippen LogP contribution in [0, 0.1) is 0 Å². The third-order valence-corrected chi connectivity index (χ3v) is 11.8. The van der Waals surface area contributed by atoms with Gasteiger partial charge in [0.2, 0.25) is 5.91 Å². The maximum absolute atomic E-state index is 13.9. The van der Waals surface area contributed by atoms with Crippen molar-refractivity contribution < 1.29 is 29.0 Å². The number of amides is 1. The molecule has 4 aromatic carbocycles. The highest BCUT2D eigenvalue weighted by molar-refractivity contribution is 6.31. The Balaban J connectivity index is 1.02. The lowest BCUT2D eigenvalue weighted by Gasteiger charge is -2.48. The quantitative estimate of drug-likeness (QED) is 0.108. The normalized spacial score (nSPS) is 21.8. The number of ether oxygens (including phenoxy) is 1. The van der Waals surface area contributed by atoms with Gasteiger partial charge in [0.15, 0.2) is 6.23 Å². The van der Waals surface area contributed by atoms with E-state index in [1.807, 2.05) is 117 Å². The molecule has 13 nitrogen and oxygen atoms in total. The van der Waals surface area contributed by atoms with E-state index < -0.39 is 17.8 Å². The number of rotatable bonds is 14. The zero-order chi connectivity index (χ0) is 43.6. The van der Waals surface area contributed by atoms with E-state index in [0.717, 1.165) is 59.7 Å². The Bertz CT molecular complexity index is 2210. The number of carbonyl (C=O) groups excluding carboxylic acids is 1. The van der Waals surface area contributed by atoms with Gasteiger partial charge in [0, 0.05) is 61.3 Å². The summed E-state index contributed by atoms with van der Waals surface area (Å²) < 4.78 is 8.46. The molecule has 15 heteroatoms. The summed E-state index contributed by atoms with van der Waals surface area (Å²) >= 11 is 12.7. The Hall–Kier alpha value is -4.38. The van der Waals surface area contributed by atoms with Gasteiger partial charge < -0.3 is 24.8 Å². The summed E-state index contributed by atoms with van der Waals surface area (Å²) in [6.45, 7) is 4.32.